The first-order chi connectivity index (χ1) is 5.81. The number of nitrogens with zero attached hydrogens (tertiary/aromatic N) is 2. The Labute approximate surface area is 82.0 Å². The largest absolute Gasteiger partial charge is 0.398 e. The third-order valence-corrected chi connectivity index (χ3v) is 1.83. The summed E-state index contributed by atoms with van der Waals surface area (Å²) in [5.41, 5.74) is 13.7. The molecule has 0 aliphatic heterocycles. The number of rotatable bonds is 1. The molecule has 0 aliphatic carbocycles. The Morgan fingerprint density at radius 3 is 2.85 bits per heavy atom. The van der Waals surface area contributed by atoms with Gasteiger partial charge in [-0.3, -0.25) is 0 Å². The summed E-state index contributed by atoms with van der Waals surface area (Å²) in [4.78, 5) is 4.14. The van der Waals surface area contributed by atoms with Crippen molar-refractivity contribution in [2.75, 3.05) is 5.73 Å². The fourth-order valence-electron chi connectivity index (χ4n) is 1.23. The van der Waals surface area contributed by atoms with Crippen molar-refractivity contribution in [3.05, 3.63) is 30.4 Å². The molecule has 0 radical (unpaired) electrons. The van der Waals surface area contributed by atoms with Crippen molar-refractivity contribution in [1.29, 1.82) is 0 Å². The molecule has 2 heterocycles. The molecule has 4 N–H and O–H groups in total. The molecule has 0 fully saturated rings. The van der Waals surface area contributed by atoms with Crippen LogP contribution in [-0.4, -0.2) is 9.38 Å². The van der Waals surface area contributed by atoms with Crippen LogP contribution in [0.2, 0.25) is 0 Å². The Balaban J connectivity index is 0.000000845. The molecule has 5 heteroatoms. The predicted octanol–water partition coefficient (Wildman–Crippen LogP) is 0.797. The second-order valence-corrected chi connectivity index (χ2v) is 2.65. The van der Waals surface area contributed by atoms with Crippen LogP contribution in [0.15, 0.2) is 24.7 Å². The lowest BCUT2D eigenvalue weighted by atomic mass is 10.3. The average molecular weight is 199 g/mol. The van der Waals surface area contributed by atoms with Crippen LogP contribution in [0.25, 0.3) is 5.52 Å². The van der Waals surface area contributed by atoms with Crippen LogP contribution >= 0.6 is 12.4 Å². The fourth-order valence-corrected chi connectivity index (χ4v) is 1.23. The van der Waals surface area contributed by atoms with Gasteiger partial charge >= 0.3 is 0 Å². The first-order valence-corrected chi connectivity index (χ1v) is 3.72. The summed E-state index contributed by atoms with van der Waals surface area (Å²) in [6.45, 7) is 0.459. The van der Waals surface area contributed by atoms with E-state index >= 15 is 0 Å². The minimum atomic E-state index is 0. The molecule has 0 bridgehead atoms. The molecule has 70 valence electrons. The molecule has 2 aromatic heterocycles. The van der Waals surface area contributed by atoms with E-state index < -0.39 is 0 Å². The minimum Gasteiger partial charge on any atom is -0.398 e. The normalized spacial score (nSPS) is 9.92. The molecule has 4 nitrogen and oxygen atoms in total. The second kappa shape index (κ2) is 3.64. The number of pyridine rings is 1. The first-order valence-electron chi connectivity index (χ1n) is 3.72. The van der Waals surface area contributed by atoms with E-state index in [4.69, 9.17) is 11.5 Å². The maximum Gasteiger partial charge on any atom is 0.0996 e. The fraction of sp³-hybridized carbons (Fsp3) is 0.125. The van der Waals surface area contributed by atoms with Gasteiger partial charge in [-0.1, -0.05) is 0 Å². The maximum atomic E-state index is 5.59. The summed E-state index contributed by atoms with van der Waals surface area (Å²) in [5, 5.41) is 0. The molecule has 2 aromatic rings. The lowest BCUT2D eigenvalue weighted by Gasteiger charge is -1.96. The lowest BCUT2D eigenvalue weighted by Crippen LogP contribution is -1.97. The van der Waals surface area contributed by atoms with Crippen molar-refractivity contribution in [2.24, 2.45) is 5.73 Å². The van der Waals surface area contributed by atoms with Crippen molar-refractivity contribution in [1.82, 2.24) is 9.38 Å². The maximum absolute atomic E-state index is 5.59. The van der Waals surface area contributed by atoms with Gasteiger partial charge in [-0.2, -0.15) is 0 Å². The van der Waals surface area contributed by atoms with Crippen LogP contribution in [0.3, 0.4) is 0 Å². The van der Waals surface area contributed by atoms with E-state index in [2.05, 4.69) is 4.98 Å². The zero-order valence-corrected chi connectivity index (χ0v) is 7.79. The Bertz CT molecular complexity index is 409. The summed E-state index contributed by atoms with van der Waals surface area (Å²) in [5.74, 6) is 0. The number of imidazole rings is 1. The van der Waals surface area contributed by atoms with Crippen LogP contribution in [-0.2, 0) is 6.54 Å². The summed E-state index contributed by atoms with van der Waals surface area (Å²) in [7, 11) is 0. The Kier molecular flexibility index (Phi) is 2.75. The van der Waals surface area contributed by atoms with Gasteiger partial charge < -0.3 is 15.9 Å². The number of anilines is 1. The molecule has 0 aromatic carbocycles. The third-order valence-electron chi connectivity index (χ3n) is 1.83. The van der Waals surface area contributed by atoms with Crippen molar-refractivity contribution in [3.8, 4) is 0 Å². The van der Waals surface area contributed by atoms with Crippen molar-refractivity contribution in [3.63, 3.8) is 0 Å². The van der Waals surface area contributed by atoms with E-state index in [-0.39, 0.29) is 12.4 Å². The molecule has 0 atom stereocenters. The number of hydrogen-bond donors (Lipinski definition) is 2. The summed E-state index contributed by atoms with van der Waals surface area (Å²) < 4.78 is 1.87. The highest BCUT2D eigenvalue weighted by molar-refractivity contribution is 5.85. The van der Waals surface area contributed by atoms with Crippen molar-refractivity contribution < 1.29 is 0 Å². The quantitative estimate of drug-likeness (QED) is 0.712. The van der Waals surface area contributed by atoms with E-state index in [0.29, 0.717) is 6.54 Å². The van der Waals surface area contributed by atoms with E-state index in [1.54, 1.807) is 6.33 Å². The molecule has 0 saturated heterocycles. The second-order valence-electron chi connectivity index (χ2n) is 2.65. The zero-order chi connectivity index (χ0) is 8.55. The Morgan fingerprint density at radius 1 is 1.38 bits per heavy atom. The van der Waals surface area contributed by atoms with Crippen LogP contribution in [0.5, 0.6) is 0 Å². The number of hydrogen-bond acceptors (Lipinski definition) is 3. The molecule has 13 heavy (non-hydrogen) atoms. The zero-order valence-electron chi connectivity index (χ0n) is 6.97. The first kappa shape index (κ1) is 9.83. The van der Waals surface area contributed by atoms with Crippen LogP contribution in [0.1, 0.15) is 5.69 Å². The highest BCUT2D eigenvalue weighted by Gasteiger charge is 2.00. The van der Waals surface area contributed by atoms with Crippen LogP contribution < -0.4 is 11.5 Å². The van der Waals surface area contributed by atoms with Crippen molar-refractivity contribution in [2.45, 2.75) is 6.54 Å². The van der Waals surface area contributed by atoms with Crippen LogP contribution in [0, 0.1) is 0 Å². The van der Waals surface area contributed by atoms with Gasteiger partial charge in [0.15, 0.2) is 0 Å². The molecule has 0 spiro atoms. The van der Waals surface area contributed by atoms with E-state index in [9.17, 15) is 0 Å². The number of nitrogens with two attached hydrogens (primary N) is 2. The number of aromatic nitrogens is 2. The molecular formula is C8H11ClN4. The van der Waals surface area contributed by atoms with Gasteiger partial charge in [0.2, 0.25) is 0 Å². The van der Waals surface area contributed by atoms with Gasteiger partial charge in [0, 0.05) is 18.4 Å². The molecule has 0 amide bonds. The van der Waals surface area contributed by atoms with Gasteiger partial charge in [0.05, 0.1) is 17.5 Å². The van der Waals surface area contributed by atoms with Gasteiger partial charge in [-0.15, -0.1) is 12.4 Å². The van der Waals surface area contributed by atoms with Gasteiger partial charge in [-0.05, 0) is 12.1 Å². The Hall–Kier alpha value is -1.26. The third kappa shape index (κ3) is 1.59. The van der Waals surface area contributed by atoms with E-state index in [0.717, 1.165) is 16.9 Å². The monoisotopic (exact) mass is 198 g/mol. The molecule has 0 saturated carbocycles. The standard InChI is InChI=1S/C8H10N4.ClH/c9-3-7-8-2-1-6(10)4-12(8)5-11-7;/h1-2,4-5H,3,9-10H2;1H. The summed E-state index contributed by atoms with van der Waals surface area (Å²) in [6.07, 6.45) is 3.54. The smallest absolute Gasteiger partial charge is 0.0996 e. The molecule has 0 aliphatic rings. The number of fused-ring (bicyclic) bond motifs is 1. The number of nitrogen functional groups attached to an aromatic ring is 1. The van der Waals surface area contributed by atoms with Gasteiger partial charge in [0.1, 0.15) is 0 Å². The van der Waals surface area contributed by atoms with E-state index in [1.165, 1.54) is 0 Å². The summed E-state index contributed by atoms with van der Waals surface area (Å²) in [6, 6.07) is 3.76. The predicted molar refractivity (Wildman–Crippen MR) is 54.7 cm³/mol. The highest BCUT2D eigenvalue weighted by Crippen LogP contribution is 2.11. The highest BCUT2D eigenvalue weighted by atomic mass is 35.5. The molecule has 0 unspecified atom stereocenters. The lowest BCUT2D eigenvalue weighted by molar-refractivity contribution is 1.02. The SMILES string of the molecule is Cl.NCc1ncn2cc(N)ccc12. The van der Waals surface area contributed by atoms with Gasteiger partial charge in [-0.25, -0.2) is 4.98 Å². The van der Waals surface area contributed by atoms with Crippen molar-refractivity contribution >= 4 is 23.6 Å². The van der Waals surface area contributed by atoms with Crippen LogP contribution in [0.4, 0.5) is 5.69 Å². The Morgan fingerprint density at radius 2 is 2.15 bits per heavy atom. The molecule has 2 rings (SSSR count). The minimum absolute atomic E-state index is 0. The van der Waals surface area contributed by atoms with Gasteiger partial charge in [0.25, 0.3) is 0 Å². The average Bonchev–Trinajstić information content (AvgIpc) is 2.46. The number of halogens is 1. The topological polar surface area (TPSA) is 69.3 Å². The molecular weight excluding hydrogens is 188 g/mol. The summed E-state index contributed by atoms with van der Waals surface area (Å²) >= 11 is 0. The van der Waals surface area contributed by atoms with E-state index in [1.807, 2.05) is 22.7 Å².